The third kappa shape index (κ3) is 3.23. The average Bonchev–Trinajstić information content (AvgIpc) is 3.24. The Morgan fingerprint density at radius 3 is 2.36 bits per heavy atom. The van der Waals surface area contributed by atoms with Gasteiger partial charge in [0.1, 0.15) is 5.75 Å². The number of carbonyl (C=O) groups excluding carboxylic acids is 3. The number of hydrogen-bond donors (Lipinski definition) is 2. The third-order valence-corrected chi connectivity index (χ3v) is 6.49. The number of hydrogen-bond acceptors (Lipinski definition) is 4. The van der Waals surface area contributed by atoms with E-state index in [0.717, 1.165) is 5.52 Å². The van der Waals surface area contributed by atoms with Gasteiger partial charge in [-0.05, 0) is 36.4 Å². The molecule has 1 aliphatic heterocycles. The van der Waals surface area contributed by atoms with Gasteiger partial charge in [-0.3, -0.25) is 19.7 Å². The second-order valence-electron chi connectivity index (χ2n) is 7.70. The molecule has 0 saturated heterocycles. The second-order valence-corrected chi connectivity index (χ2v) is 8.51. The summed E-state index contributed by atoms with van der Waals surface area (Å²) in [6.45, 7) is 0.283. The van der Waals surface area contributed by atoms with Crippen molar-refractivity contribution in [1.29, 1.82) is 0 Å². The summed E-state index contributed by atoms with van der Waals surface area (Å²) < 4.78 is 7.29. The standard InChI is InChI=1S/C24H17Cl2N3O4/c1-33-11-5-6-16-12(9-11)20-17(29(16)8-7-18(27)30)10-13(19-14(25)3-2-4-15(19)26)21-22(20)24(32)28-23(21)31/h2-6,9-10H,7-8H2,1H3,(H2,27,30)(H,28,31,32). The van der Waals surface area contributed by atoms with Crippen LogP contribution < -0.4 is 15.8 Å². The summed E-state index contributed by atoms with van der Waals surface area (Å²) >= 11 is 13.0. The highest BCUT2D eigenvalue weighted by Gasteiger charge is 2.35. The van der Waals surface area contributed by atoms with Crippen molar-refractivity contribution in [2.75, 3.05) is 7.11 Å². The zero-order chi connectivity index (χ0) is 23.4. The maximum absolute atomic E-state index is 13.0. The van der Waals surface area contributed by atoms with Crippen molar-refractivity contribution in [3.8, 4) is 16.9 Å². The molecule has 7 nitrogen and oxygen atoms in total. The van der Waals surface area contributed by atoms with Gasteiger partial charge in [-0.2, -0.15) is 0 Å². The lowest BCUT2D eigenvalue weighted by Crippen LogP contribution is -2.20. The van der Waals surface area contributed by atoms with Crippen LogP contribution in [0.2, 0.25) is 10.0 Å². The van der Waals surface area contributed by atoms with Crippen LogP contribution in [0.25, 0.3) is 32.9 Å². The first kappa shape index (κ1) is 21.3. The molecule has 5 rings (SSSR count). The zero-order valence-corrected chi connectivity index (χ0v) is 18.9. The average molecular weight is 482 g/mol. The molecule has 0 atom stereocenters. The molecule has 3 N–H and O–H groups in total. The molecular formula is C24H17Cl2N3O4. The second kappa shape index (κ2) is 7.79. The van der Waals surface area contributed by atoms with E-state index in [-0.39, 0.29) is 24.1 Å². The van der Waals surface area contributed by atoms with Gasteiger partial charge in [-0.25, -0.2) is 0 Å². The van der Waals surface area contributed by atoms with Gasteiger partial charge < -0.3 is 15.0 Å². The number of aromatic nitrogens is 1. The Balaban J connectivity index is 1.98. The Hall–Kier alpha value is -3.55. The number of ether oxygens (including phenoxy) is 1. The molecule has 1 aromatic heterocycles. The summed E-state index contributed by atoms with van der Waals surface area (Å²) in [7, 11) is 1.55. The van der Waals surface area contributed by atoms with Crippen molar-refractivity contribution in [1.82, 2.24) is 9.88 Å². The summed E-state index contributed by atoms with van der Waals surface area (Å²) in [6.07, 6.45) is 0.0926. The number of carbonyl (C=O) groups is 3. The van der Waals surface area contributed by atoms with Crippen LogP contribution in [-0.2, 0) is 11.3 Å². The molecule has 0 aliphatic carbocycles. The van der Waals surface area contributed by atoms with E-state index < -0.39 is 17.7 Å². The van der Waals surface area contributed by atoms with Gasteiger partial charge in [0, 0.05) is 50.4 Å². The van der Waals surface area contributed by atoms with Crippen LogP contribution in [0.5, 0.6) is 5.75 Å². The fourth-order valence-corrected chi connectivity index (χ4v) is 5.07. The molecule has 0 bridgehead atoms. The van der Waals surface area contributed by atoms with Crippen molar-refractivity contribution in [3.63, 3.8) is 0 Å². The molecule has 3 amide bonds. The molecule has 0 saturated carbocycles. The Kier molecular flexibility index (Phi) is 5.03. The normalized spacial score (nSPS) is 12.9. The van der Waals surface area contributed by atoms with Crippen molar-refractivity contribution in [2.45, 2.75) is 13.0 Å². The predicted molar refractivity (Wildman–Crippen MR) is 127 cm³/mol. The number of nitrogens with one attached hydrogen (secondary N) is 1. The monoisotopic (exact) mass is 481 g/mol. The van der Waals surface area contributed by atoms with E-state index in [4.69, 9.17) is 33.7 Å². The van der Waals surface area contributed by atoms with E-state index in [2.05, 4.69) is 5.32 Å². The van der Waals surface area contributed by atoms with Crippen LogP contribution >= 0.6 is 23.2 Å². The van der Waals surface area contributed by atoms with E-state index in [1.54, 1.807) is 43.5 Å². The summed E-state index contributed by atoms with van der Waals surface area (Å²) in [5.41, 5.74) is 8.16. The van der Waals surface area contributed by atoms with E-state index in [1.807, 2.05) is 10.6 Å². The number of halogens is 2. The number of fused-ring (bicyclic) bond motifs is 5. The fourth-order valence-electron chi connectivity index (χ4n) is 4.47. The Bertz CT molecular complexity index is 1500. The molecule has 1 aliphatic rings. The Morgan fingerprint density at radius 2 is 1.70 bits per heavy atom. The molecule has 33 heavy (non-hydrogen) atoms. The number of nitrogens with zero attached hydrogens (tertiary/aromatic N) is 1. The van der Waals surface area contributed by atoms with Crippen molar-refractivity contribution in [3.05, 3.63) is 63.6 Å². The first-order chi connectivity index (χ1) is 15.8. The molecule has 9 heteroatoms. The lowest BCUT2D eigenvalue weighted by atomic mass is 9.92. The number of imide groups is 1. The predicted octanol–water partition coefficient (Wildman–Crippen LogP) is 4.54. The zero-order valence-electron chi connectivity index (χ0n) is 17.4. The molecule has 0 radical (unpaired) electrons. The highest BCUT2D eigenvalue weighted by atomic mass is 35.5. The summed E-state index contributed by atoms with van der Waals surface area (Å²) in [6, 6.07) is 12.3. The molecule has 4 aromatic rings. The van der Waals surface area contributed by atoms with Crippen LogP contribution in [0.15, 0.2) is 42.5 Å². The third-order valence-electron chi connectivity index (χ3n) is 5.86. The highest BCUT2D eigenvalue weighted by Crippen LogP contribution is 2.44. The largest absolute Gasteiger partial charge is 0.497 e. The first-order valence-corrected chi connectivity index (χ1v) is 10.8. The minimum Gasteiger partial charge on any atom is -0.497 e. The van der Waals surface area contributed by atoms with Crippen LogP contribution in [0, 0.1) is 0 Å². The maximum Gasteiger partial charge on any atom is 0.259 e. The van der Waals surface area contributed by atoms with E-state index in [9.17, 15) is 14.4 Å². The van der Waals surface area contributed by atoms with Gasteiger partial charge in [0.25, 0.3) is 11.8 Å². The Labute approximate surface area is 198 Å². The quantitative estimate of drug-likeness (QED) is 0.408. The summed E-state index contributed by atoms with van der Waals surface area (Å²) in [4.78, 5) is 37.5. The number of nitrogens with two attached hydrogens (primary N) is 1. The highest BCUT2D eigenvalue weighted by molar-refractivity contribution is 6.41. The minimum absolute atomic E-state index is 0.0926. The number of primary amides is 1. The molecule has 0 fully saturated rings. The van der Waals surface area contributed by atoms with E-state index >= 15 is 0 Å². The molecule has 0 spiro atoms. The maximum atomic E-state index is 13.0. The SMILES string of the molecule is COc1ccc2c(c1)c1c3c(c(-c4c(Cl)cccc4Cl)cc1n2CCC(N)=O)C(=O)NC3=O. The number of methoxy groups -OCH3 is 1. The molecule has 166 valence electrons. The van der Waals surface area contributed by atoms with Crippen LogP contribution in [0.4, 0.5) is 0 Å². The van der Waals surface area contributed by atoms with Crippen LogP contribution in [0.3, 0.4) is 0 Å². The van der Waals surface area contributed by atoms with Gasteiger partial charge in [-0.15, -0.1) is 0 Å². The minimum atomic E-state index is -0.524. The topological polar surface area (TPSA) is 103 Å². The molecule has 0 unspecified atom stereocenters. The van der Waals surface area contributed by atoms with Crippen molar-refractivity contribution in [2.24, 2.45) is 5.73 Å². The van der Waals surface area contributed by atoms with Crippen molar-refractivity contribution < 1.29 is 19.1 Å². The fraction of sp³-hybridized carbons (Fsp3) is 0.125. The van der Waals surface area contributed by atoms with Crippen LogP contribution in [0.1, 0.15) is 27.1 Å². The summed E-state index contributed by atoms with van der Waals surface area (Å²) in [5.74, 6) is -0.902. The number of amides is 3. The smallest absolute Gasteiger partial charge is 0.259 e. The van der Waals surface area contributed by atoms with Gasteiger partial charge >= 0.3 is 0 Å². The van der Waals surface area contributed by atoms with Crippen LogP contribution in [-0.4, -0.2) is 29.4 Å². The molecule has 2 heterocycles. The van der Waals surface area contributed by atoms with Gasteiger partial charge in [0.2, 0.25) is 5.91 Å². The molecular weight excluding hydrogens is 465 g/mol. The first-order valence-electron chi connectivity index (χ1n) is 10.1. The lowest BCUT2D eigenvalue weighted by molar-refractivity contribution is -0.118. The van der Waals surface area contributed by atoms with E-state index in [0.29, 0.717) is 43.2 Å². The van der Waals surface area contributed by atoms with E-state index in [1.165, 1.54) is 0 Å². The Morgan fingerprint density at radius 1 is 1.00 bits per heavy atom. The molecule has 3 aromatic carbocycles. The van der Waals surface area contributed by atoms with Gasteiger partial charge in [-0.1, -0.05) is 29.3 Å². The number of rotatable bonds is 5. The summed E-state index contributed by atoms with van der Waals surface area (Å²) in [5, 5.41) is 4.38. The lowest BCUT2D eigenvalue weighted by Gasteiger charge is -2.13. The number of benzene rings is 3. The van der Waals surface area contributed by atoms with Gasteiger partial charge in [0.05, 0.1) is 23.8 Å². The number of aryl methyl sites for hydroxylation is 1. The van der Waals surface area contributed by atoms with Crippen molar-refractivity contribution >= 4 is 62.7 Å². The van der Waals surface area contributed by atoms with Gasteiger partial charge in [0.15, 0.2) is 0 Å².